The van der Waals surface area contributed by atoms with Crippen LogP contribution in [0.3, 0.4) is 0 Å². The summed E-state index contributed by atoms with van der Waals surface area (Å²) in [6.07, 6.45) is -4.55. The van der Waals surface area contributed by atoms with Crippen LogP contribution in [0.5, 0.6) is 0 Å². The van der Waals surface area contributed by atoms with Crippen LogP contribution in [-0.4, -0.2) is 50.1 Å². The van der Waals surface area contributed by atoms with E-state index in [1.165, 1.54) is 16.0 Å². The van der Waals surface area contributed by atoms with Gasteiger partial charge in [0.05, 0.1) is 28.2 Å². The Kier molecular flexibility index (Phi) is 8.38. The minimum atomic E-state index is -5.05. The zero-order chi connectivity index (χ0) is 38.6. The monoisotopic (exact) mass is 856 g/mol. The largest absolute Gasteiger partial charge is 0.435 e. The molecule has 1 fully saturated rings. The van der Waals surface area contributed by atoms with Crippen LogP contribution >= 0.6 is 27.3 Å². The Hall–Kier alpha value is -4.63. The highest BCUT2D eigenvalue weighted by atomic mass is 79.9. The maximum atomic E-state index is 15.3. The minimum Gasteiger partial charge on any atom is -0.346 e. The number of aryl methyl sites for hydroxylation is 1. The number of rotatable bonds is 9. The fourth-order valence-electron chi connectivity index (χ4n) is 7.29. The van der Waals surface area contributed by atoms with Crippen LogP contribution in [0.2, 0.25) is 0 Å². The van der Waals surface area contributed by atoms with E-state index in [-0.39, 0.29) is 35.6 Å². The Morgan fingerprint density at radius 1 is 1.09 bits per heavy atom. The lowest BCUT2D eigenvalue weighted by Crippen LogP contribution is -2.35. The van der Waals surface area contributed by atoms with Gasteiger partial charge in [0.25, 0.3) is 5.92 Å². The highest BCUT2D eigenvalue weighted by Gasteiger charge is 2.68. The number of alkyl halides is 5. The normalized spacial score (nSPS) is 18.2. The predicted molar refractivity (Wildman–Crippen MR) is 186 cm³/mol. The molecule has 2 unspecified atom stereocenters. The molecule has 1 amide bonds. The molecular formula is C33H24BrF7N8O3S2. The number of amides is 1. The number of sulfonamides is 1. The van der Waals surface area contributed by atoms with E-state index in [0.717, 1.165) is 18.4 Å². The Morgan fingerprint density at radius 2 is 1.81 bits per heavy atom. The number of halogens is 8. The van der Waals surface area contributed by atoms with Crippen molar-refractivity contribution in [1.29, 1.82) is 0 Å². The number of para-hydroxylation sites is 1. The van der Waals surface area contributed by atoms with Gasteiger partial charge in [-0.3, -0.25) is 18.9 Å². The summed E-state index contributed by atoms with van der Waals surface area (Å²) in [4.78, 5) is 23.0. The van der Waals surface area contributed by atoms with Crippen LogP contribution in [0.25, 0.3) is 32.4 Å². The molecular weight excluding hydrogens is 833 g/mol. The summed E-state index contributed by atoms with van der Waals surface area (Å²) in [7, 11) is -2.19. The first-order valence-corrected chi connectivity index (χ1v) is 19.5. The third-order valence-electron chi connectivity index (χ3n) is 9.34. The van der Waals surface area contributed by atoms with Crippen LogP contribution in [-0.2, 0) is 46.9 Å². The zero-order valence-electron chi connectivity index (χ0n) is 27.6. The number of anilines is 1. The van der Waals surface area contributed by atoms with Gasteiger partial charge in [-0.1, -0.05) is 12.1 Å². The van der Waals surface area contributed by atoms with Crippen molar-refractivity contribution in [3.05, 3.63) is 86.2 Å². The van der Waals surface area contributed by atoms with E-state index in [2.05, 4.69) is 41.2 Å². The third kappa shape index (κ3) is 6.38. The van der Waals surface area contributed by atoms with Crippen molar-refractivity contribution in [2.45, 2.75) is 43.4 Å². The molecule has 1 saturated carbocycles. The number of thiazole rings is 1. The van der Waals surface area contributed by atoms with Crippen molar-refractivity contribution in [3.63, 3.8) is 0 Å². The number of hydrogen-bond donors (Lipinski definition) is 2. The quantitative estimate of drug-likeness (QED) is 0.147. The van der Waals surface area contributed by atoms with Gasteiger partial charge in [0, 0.05) is 41.1 Å². The molecule has 54 heavy (non-hydrogen) atoms. The number of pyridine rings is 1. The average Bonchev–Trinajstić information content (AvgIpc) is 3.37. The number of nitrogens with one attached hydrogen (secondary N) is 2. The van der Waals surface area contributed by atoms with E-state index >= 15 is 8.78 Å². The van der Waals surface area contributed by atoms with Crippen molar-refractivity contribution in [3.8, 4) is 11.1 Å². The summed E-state index contributed by atoms with van der Waals surface area (Å²) < 4.78 is 131. The smallest absolute Gasteiger partial charge is 0.346 e. The van der Waals surface area contributed by atoms with E-state index in [9.17, 15) is 35.2 Å². The van der Waals surface area contributed by atoms with E-state index < -0.39 is 81.0 Å². The minimum absolute atomic E-state index is 0.0208. The van der Waals surface area contributed by atoms with Gasteiger partial charge in [0.1, 0.15) is 23.9 Å². The molecule has 8 rings (SSSR count). The molecule has 11 nitrogen and oxygen atoms in total. The number of benzene rings is 2. The molecule has 2 aliphatic carbocycles. The molecule has 2 N–H and O–H groups in total. The van der Waals surface area contributed by atoms with Gasteiger partial charge in [-0.15, -0.1) is 11.3 Å². The first-order chi connectivity index (χ1) is 25.3. The Labute approximate surface area is 312 Å². The lowest BCUT2D eigenvalue weighted by Gasteiger charge is -2.23. The lowest BCUT2D eigenvalue weighted by atomic mass is 9.94. The topological polar surface area (TPSA) is 137 Å². The second-order valence-electron chi connectivity index (χ2n) is 13.2. The average molecular weight is 858 g/mol. The zero-order valence-corrected chi connectivity index (χ0v) is 30.9. The third-order valence-corrected chi connectivity index (χ3v) is 11.4. The van der Waals surface area contributed by atoms with Crippen molar-refractivity contribution >= 4 is 70.3 Å². The number of carbonyl (C=O) groups excluding carboxylic acids is 1. The first kappa shape index (κ1) is 36.4. The van der Waals surface area contributed by atoms with Crippen molar-refractivity contribution < 1.29 is 43.9 Å². The molecule has 282 valence electrons. The van der Waals surface area contributed by atoms with Crippen LogP contribution in [0.1, 0.15) is 46.6 Å². The molecule has 0 spiro atoms. The number of aromatic nitrogens is 6. The first-order valence-electron chi connectivity index (χ1n) is 16.0. The van der Waals surface area contributed by atoms with Gasteiger partial charge in [-0.05, 0) is 64.5 Å². The van der Waals surface area contributed by atoms with Gasteiger partial charge >= 0.3 is 6.18 Å². The molecule has 0 saturated heterocycles. The second kappa shape index (κ2) is 12.4. The molecule has 0 aliphatic heterocycles. The molecule has 21 heteroatoms. The highest BCUT2D eigenvalue weighted by molar-refractivity contribution is 9.11. The van der Waals surface area contributed by atoms with Crippen LogP contribution < -0.4 is 10.0 Å². The van der Waals surface area contributed by atoms with Gasteiger partial charge in [-0.2, -0.15) is 32.1 Å². The molecule has 3 atom stereocenters. The SMILES string of the molecule is Cn1nc(NS(C)(=O)=O)c2cccc(-c3cc4sc(Br)nc4nc3C(Cc3cc(F)cc(F)c3)NC(=O)Cn3nc(C(F)(F)F)c4c3C(F)(F)C3C[C@H]43)c21. The summed E-state index contributed by atoms with van der Waals surface area (Å²) in [6, 6.07) is 8.01. The number of hydrogen-bond acceptors (Lipinski definition) is 8. The van der Waals surface area contributed by atoms with Crippen molar-refractivity contribution in [2.24, 2.45) is 13.0 Å². The molecule has 6 aromatic rings. The van der Waals surface area contributed by atoms with E-state index in [4.69, 9.17) is 4.98 Å². The number of carbonyl (C=O) groups is 1. The predicted octanol–water partition coefficient (Wildman–Crippen LogP) is 7.18. The maximum Gasteiger partial charge on any atom is 0.435 e. The lowest BCUT2D eigenvalue weighted by molar-refractivity contribution is -0.142. The summed E-state index contributed by atoms with van der Waals surface area (Å²) in [6.45, 7) is -1.04. The van der Waals surface area contributed by atoms with Crippen molar-refractivity contribution in [1.82, 2.24) is 34.8 Å². The molecule has 4 aromatic heterocycles. The standard InChI is InChI=1S/C33H24BrF7N8O3S2/c1-48-26-16(4-3-5-17(26)29(46-48)47-54(2,51)52)18-11-22-30(44-31(34)53-22)43-25(18)21(8-13-6-14(35)9-15(36)7-13)42-23(50)12-49-28-24(27(45-49)33(39,40)41)19-10-20(19)32(28,37)38/h3-7,9,11,19-21H,8,10,12H2,1-2H3,(H,42,50)(H,46,47)/t19-,20?,21?/m0/s1. The maximum absolute atomic E-state index is 15.3. The van der Waals surface area contributed by atoms with E-state index in [1.54, 1.807) is 31.3 Å². The molecule has 2 aromatic carbocycles. The summed E-state index contributed by atoms with van der Waals surface area (Å²) in [5, 5.41) is 10.8. The summed E-state index contributed by atoms with van der Waals surface area (Å²) in [5.74, 6) is -8.89. The van der Waals surface area contributed by atoms with Crippen LogP contribution in [0, 0.1) is 17.6 Å². The number of fused-ring (bicyclic) bond motifs is 5. The van der Waals surface area contributed by atoms with Gasteiger partial charge < -0.3 is 5.32 Å². The summed E-state index contributed by atoms with van der Waals surface area (Å²) >= 11 is 4.55. The van der Waals surface area contributed by atoms with Crippen molar-refractivity contribution in [2.75, 3.05) is 11.0 Å². The Morgan fingerprint density at radius 3 is 2.50 bits per heavy atom. The van der Waals surface area contributed by atoms with Gasteiger partial charge in [0.2, 0.25) is 15.9 Å². The van der Waals surface area contributed by atoms with E-state index in [1.807, 2.05) is 0 Å². The van der Waals surface area contributed by atoms with Gasteiger partial charge in [0.15, 0.2) is 21.1 Å². The molecule has 2 aliphatic rings. The Bertz CT molecular complexity index is 2640. The molecule has 0 radical (unpaired) electrons. The number of nitrogens with zero attached hydrogens (tertiary/aromatic N) is 6. The van der Waals surface area contributed by atoms with E-state index in [0.29, 0.717) is 41.4 Å². The molecule has 0 bridgehead atoms. The van der Waals surface area contributed by atoms with Crippen LogP contribution in [0.4, 0.5) is 36.6 Å². The fraction of sp³-hybridized carbons (Fsp3) is 0.303. The summed E-state index contributed by atoms with van der Waals surface area (Å²) in [5.41, 5.74) is -1.53. The second-order valence-corrected chi connectivity index (χ2v) is 17.3. The van der Waals surface area contributed by atoms with Crippen LogP contribution in [0.15, 0.2) is 46.4 Å². The molecule has 4 heterocycles. The fourth-order valence-corrected chi connectivity index (χ4v) is 9.15. The van der Waals surface area contributed by atoms with Gasteiger partial charge in [-0.25, -0.2) is 27.2 Å². The Balaban J connectivity index is 1.27. The highest BCUT2D eigenvalue weighted by Crippen LogP contribution is 2.68.